The molecule has 11 heteroatoms. The summed E-state index contributed by atoms with van der Waals surface area (Å²) in [6.45, 7) is 0.232. The van der Waals surface area contributed by atoms with E-state index >= 15 is 0 Å². The quantitative estimate of drug-likeness (QED) is 0.176. The molecule has 0 saturated carbocycles. The van der Waals surface area contributed by atoms with Crippen LogP contribution >= 0.6 is 31.9 Å². The van der Waals surface area contributed by atoms with E-state index in [-0.39, 0.29) is 23.6 Å². The number of urea groups is 1. The normalized spacial score (nSPS) is 14.7. The zero-order valence-electron chi connectivity index (χ0n) is 17.7. The summed E-state index contributed by atoms with van der Waals surface area (Å²) >= 11 is 6.84. The van der Waals surface area contributed by atoms with Gasteiger partial charge in [0, 0.05) is 22.2 Å². The predicted molar refractivity (Wildman–Crippen MR) is 135 cm³/mol. The lowest BCUT2D eigenvalue weighted by molar-refractivity contribution is -0.384. The Morgan fingerprint density at radius 2 is 1.74 bits per heavy atom. The minimum atomic E-state index is -1.01. The van der Waals surface area contributed by atoms with Crippen LogP contribution in [-0.2, 0) is 16.2 Å². The van der Waals surface area contributed by atoms with Crippen molar-refractivity contribution in [3.05, 3.63) is 102 Å². The summed E-state index contributed by atoms with van der Waals surface area (Å²) in [7, 11) is 0. The fourth-order valence-electron chi connectivity index (χ4n) is 3.36. The number of barbiturate groups is 1. The van der Waals surface area contributed by atoms with Gasteiger partial charge >= 0.3 is 6.03 Å². The number of carbonyl (C=O) groups excluding carboxylic acids is 3. The minimum Gasteiger partial charge on any atom is -0.487 e. The van der Waals surface area contributed by atoms with Gasteiger partial charge in [-0.2, -0.15) is 0 Å². The number of halogens is 2. The van der Waals surface area contributed by atoms with Crippen LogP contribution < -0.4 is 15.0 Å². The number of anilines is 1. The fraction of sp³-hybridized carbons (Fsp3) is 0.0417. The highest BCUT2D eigenvalue weighted by atomic mass is 79.9. The van der Waals surface area contributed by atoms with E-state index in [0.29, 0.717) is 25.2 Å². The summed E-state index contributed by atoms with van der Waals surface area (Å²) in [5.74, 6) is -1.44. The molecule has 9 nitrogen and oxygen atoms in total. The maximum atomic E-state index is 13.2. The molecule has 1 fully saturated rings. The van der Waals surface area contributed by atoms with Crippen LogP contribution in [0.1, 0.15) is 11.1 Å². The Bertz CT molecular complexity index is 1390. The van der Waals surface area contributed by atoms with Crippen molar-refractivity contribution in [1.29, 1.82) is 0 Å². The van der Waals surface area contributed by atoms with Crippen LogP contribution in [0.4, 0.5) is 16.2 Å². The van der Waals surface area contributed by atoms with Crippen molar-refractivity contribution in [2.24, 2.45) is 0 Å². The summed E-state index contributed by atoms with van der Waals surface area (Å²) < 4.78 is 7.21. The molecule has 4 amide bonds. The van der Waals surface area contributed by atoms with Crippen molar-refractivity contribution < 1.29 is 24.0 Å². The molecule has 1 aliphatic heterocycles. The molecule has 0 unspecified atom stereocenters. The van der Waals surface area contributed by atoms with Crippen molar-refractivity contribution in [2.75, 3.05) is 4.90 Å². The molecular formula is C24H15Br2N3O6. The molecule has 0 bridgehead atoms. The molecule has 3 aromatic carbocycles. The van der Waals surface area contributed by atoms with Crippen molar-refractivity contribution in [3.8, 4) is 5.75 Å². The number of nitro groups is 1. The van der Waals surface area contributed by atoms with E-state index in [4.69, 9.17) is 4.74 Å². The summed E-state index contributed by atoms with van der Waals surface area (Å²) in [6, 6.07) is 16.9. The molecule has 4 rings (SSSR count). The van der Waals surface area contributed by atoms with Crippen molar-refractivity contribution in [1.82, 2.24) is 5.32 Å². The number of rotatable bonds is 6. The van der Waals surface area contributed by atoms with Gasteiger partial charge in [-0.1, -0.05) is 52.3 Å². The topological polar surface area (TPSA) is 119 Å². The Kier molecular flexibility index (Phi) is 7.08. The van der Waals surface area contributed by atoms with Crippen LogP contribution in [0.3, 0.4) is 0 Å². The van der Waals surface area contributed by atoms with E-state index < -0.39 is 22.8 Å². The maximum Gasteiger partial charge on any atom is 0.335 e. The first-order chi connectivity index (χ1) is 16.7. The van der Waals surface area contributed by atoms with Crippen LogP contribution in [0, 0.1) is 10.1 Å². The Morgan fingerprint density at radius 1 is 1.00 bits per heavy atom. The Hall–Kier alpha value is -3.83. The largest absolute Gasteiger partial charge is 0.487 e. The summed E-state index contributed by atoms with van der Waals surface area (Å²) in [4.78, 5) is 49.5. The molecule has 1 saturated heterocycles. The fourth-order valence-corrected chi connectivity index (χ4v) is 4.74. The van der Waals surface area contributed by atoms with Gasteiger partial charge in [-0.05, 0) is 45.8 Å². The van der Waals surface area contributed by atoms with Crippen molar-refractivity contribution in [2.45, 2.75) is 6.61 Å². The third-order valence-corrected chi connectivity index (χ3v) is 6.01. The van der Waals surface area contributed by atoms with Crippen LogP contribution in [-0.4, -0.2) is 22.8 Å². The molecule has 1 heterocycles. The zero-order valence-corrected chi connectivity index (χ0v) is 20.9. The molecule has 0 spiro atoms. The van der Waals surface area contributed by atoms with Crippen LogP contribution in [0.5, 0.6) is 5.75 Å². The number of hydrogen-bond acceptors (Lipinski definition) is 6. The Labute approximate surface area is 215 Å². The Morgan fingerprint density at radius 3 is 2.46 bits per heavy atom. The van der Waals surface area contributed by atoms with E-state index in [0.717, 1.165) is 11.6 Å². The highest BCUT2D eigenvalue weighted by Crippen LogP contribution is 2.36. The molecule has 1 aliphatic rings. The van der Waals surface area contributed by atoms with Gasteiger partial charge in [-0.25, -0.2) is 9.69 Å². The standard InChI is InChI=1S/C24H15Br2N3O6/c25-16-9-15(21(20(26)11-16)35-13-14-5-2-1-3-6-14)10-19-22(30)27-24(32)28(23(19)31)17-7-4-8-18(12-17)29(33)34/h1-12H,13H2,(H,27,30,32)/b19-10+. The third kappa shape index (κ3) is 5.31. The SMILES string of the molecule is O=C1NC(=O)N(c2cccc([N+](=O)[O-])c2)C(=O)/C1=C/c1cc(Br)cc(Br)c1OCc1ccccc1. The second-order valence-electron chi connectivity index (χ2n) is 7.32. The van der Waals surface area contributed by atoms with Crippen LogP contribution in [0.15, 0.2) is 81.2 Å². The van der Waals surface area contributed by atoms with Gasteiger partial charge in [-0.3, -0.25) is 25.0 Å². The number of nitro benzene ring substituents is 1. The van der Waals surface area contributed by atoms with Gasteiger partial charge in [0.15, 0.2) is 0 Å². The van der Waals surface area contributed by atoms with Crippen LogP contribution in [0.2, 0.25) is 0 Å². The van der Waals surface area contributed by atoms with Gasteiger partial charge < -0.3 is 4.74 Å². The molecule has 176 valence electrons. The number of benzene rings is 3. The van der Waals surface area contributed by atoms with Gasteiger partial charge in [0.1, 0.15) is 17.9 Å². The predicted octanol–water partition coefficient (Wildman–Crippen LogP) is 5.37. The summed E-state index contributed by atoms with van der Waals surface area (Å²) in [5.41, 5.74) is 0.615. The second-order valence-corrected chi connectivity index (χ2v) is 9.09. The van der Waals surface area contributed by atoms with Crippen LogP contribution in [0.25, 0.3) is 6.08 Å². The smallest absolute Gasteiger partial charge is 0.335 e. The van der Waals surface area contributed by atoms with Gasteiger partial charge in [0.2, 0.25) is 0 Å². The number of nitrogens with zero attached hydrogens (tertiary/aromatic N) is 2. The zero-order chi connectivity index (χ0) is 25.1. The van der Waals surface area contributed by atoms with E-state index in [1.54, 1.807) is 12.1 Å². The Balaban J connectivity index is 1.73. The maximum absolute atomic E-state index is 13.2. The first-order valence-corrected chi connectivity index (χ1v) is 11.6. The first-order valence-electron chi connectivity index (χ1n) is 10.1. The minimum absolute atomic E-state index is 0.0453. The number of amides is 4. The number of imide groups is 2. The number of ether oxygens (including phenoxy) is 1. The average Bonchev–Trinajstić information content (AvgIpc) is 2.82. The molecular weight excluding hydrogens is 586 g/mol. The van der Waals surface area contributed by atoms with Gasteiger partial charge in [0.05, 0.1) is 15.1 Å². The van der Waals surface area contributed by atoms with E-state index in [9.17, 15) is 24.5 Å². The molecule has 1 N–H and O–H groups in total. The van der Waals surface area contributed by atoms with Crippen molar-refractivity contribution >= 4 is 67.2 Å². The number of nitrogens with one attached hydrogen (secondary N) is 1. The number of non-ortho nitro benzene ring substituents is 1. The third-order valence-electron chi connectivity index (χ3n) is 4.96. The van der Waals surface area contributed by atoms with Gasteiger partial charge in [0.25, 0.3) is 17.5 Å². The average molecular weight is 601 g/mol. The van der Waals surface area contributed by atoms with Gasteiger partial charge in [-0.15, -0.1) is 0 Å². The molecule has 35 heavy (non-hydrogen) atoms. The molecule has 0 aromatic heterocycles. The second kappa shape index (κ2) is 10.2. The highest BCUT2D eigenvalue weighted by molar-refractivity contribution is 9.11. The molecule has 0 radical (unpaired) electrons. The lowest BCUT2D eigenvalue weighted by Gasteiger charge is -2.26. The number of hydrogen-bond donors (Lipinski definition) is 1. The lowest BCUT2D eigenvalue weighted by Crippen LogP contribution is -2.54. The highest BCUT2D eigenvalue weighted by Gasteiger charge is 2.37. The van der Waals surface area contributed by atoms with Crippen molar-refractivity contribution in [3.63, 3.8) is 0 Å². The van der Waals surface area contributed by atoms with E-state index in [1.807, 2.05) is 30.3 Å². The monoisotopic (exact) mass is 599 g/mol. The summed E-state index contributed by atoms with van der Waals surface area (Å²) in [6.07, 6.45) is 1.31. The number of carbonyl (C=O) groups is 3. The molecule has 0 aliphatic carbocycles. The van der Waals surface area contributed by atoms with E-state index in [1.165, 1.54) is 24.3 Å². The summed E-state index contributed by atoms with van der Waals surface area (Å²) in [5, 5.41) is 13.2. The first kappa shape index (κ1) is 24.3. The lowest BCUT2D eigenvalue weighted by atomic mass is 10.1. The molecule has 0 atom stereocenters. The van der Waals surface area contributed by atoms with E-state index in [2.05, 4.69) is 37.2 Å². The molecule has 3 aromatic rings.